The minimum Gasteiger partial charge on any atom is -0.300 e. The largest absolute Gasteiger partial charge is 0.300 e. The Morgan fingerprint density at radius 3 is 2.76 bits per heavy atom. The number of hydrogen-bond acceptors (Lipinski definition) is 4. The maximum absolute atomic E-state index is 11.8. The van der Waals surface area contributed by atoms with Gasteiger partial charge in [0, 0.05) is 5.75 Å². The molecule has 21 heavy (non-hydrogen) atoms. The number of aromatic nitrogens is 2. The second kappa shape index (κ2) is 6.99. The first-order valence-corrected chi connectivity index (χ1v) is 7.89. The fourth-order valence-corrected chi connectivity index (χ4v) is 2.86. The van der Waals surface area contributed by atoms with Crippen molar-refractivity contribution in [2.24, 2.45) is 0 Å². The molecule has 0 aliphatic carbocycles. The van der Waals surface area contributed by atoms with Crippen LogP contribution in [0.1, 0.15) is 23.7 Å². The van der Waals surface area contributed by atoms with Crippen LogP contribution in [-0.2, 0) is 12.2 Å². The summed E-state index contributed by atoms with van der Waals surface area (Å²) in [5.74, 6) is 0.592. The summed E-state index contributed by atoms with van der Waals surface area (Å²) in [7, 11) is 0. The fraction of sp³-hybridized carbons (Fsp3) is 0.214. The van der Waals surface area contributed by atoms with E-state index in [1.807, 2.05) is 19.1 Å². The van der Waals surface area contributed by atoms with E-state index in [0.717, 1.165) is 5.56 Å². The maximum Gasteiger partial charge on any atom is 0.269 e. The zero-order valence-corrected chi connectivity index (χ0v) is 13.4. The summed E-state index contributed by atoms with van der Waals surface area (Å²) >= 11 is 13.2. The lowest BCUT2D eigenvalue weighted by atomic mass is 10.2. The Morgan fingerprint density at radius 2 is 2.14 bits per heavy atom. The van der Waals surface area contributed by atoms with E-state index >= 15 is 0 Å². The first-order valence-electron chi connectivity index (χ1n) is 6.15. The first-order chi connectivity index (χ1) is 10.0. The number of thioether (sulfide) groups is 1. The number of hydrogen-bond donors (Lipinski definition) is 1. The van der Waals surface area contributed by atoms with E-state index in [0.29, 0.717) is 33.1 Å². The van der Waals surface area contributed by atoms with Gasteiger partial charge in [-0.3, -0.25) is 4.79 Å². The van der Waals surface area contributed by atoms with Crippen LogP contribution in [0.25, 0.3) is 0 Å². The zero-order valence-electron chi connectivity index (χ0n) is 11.1. The highest BCUT2D eigenvalue weighted by Crippen LogP contribution is 2.26. The predicted octanol–water partition coefficient (Wildman–Crippen LogP) is 3.80. The van der Waals surface area contributed by atoms with E-state index in [1.165, 1.54) is 11.8 Å². The molecular weight excluding hydrogens is 329 g/mol. The monoisotopic (exact) mass is 339 g/mol. The third-order valence-corrected chi connectivity index (χ3v) is 4.46. The number of H-pyrrole nitrogens is 1. The highest BCUT2D eigenvalue weighted by atomic mass is 35.5. The fourth-order valence-electron chi connectivity index (χ4n) is 1.72. The minimum atomic E-state index is -0.402. The topological polar surface area (TPSA) is 69.5 Å². The minimum absolute atomic E-state index is 0.0800. The molecule has 0 saturated heterocycles. The van der Waals surface area contributed by atoms with Gasteiger partial charge in [0.05, 0.1) is 15.7 Å². The summed E-state index contributed by atoms with van der Waals surface area (Å²) in [5, 5.41) is 10.4. The molecule has 0 amide bonds. The van der Waals surface area contributed by atoms with Gasteiger partial charge in [-0.05, 0) is 24.1 Å². The number of benzene rings is 1. The van der Waals surface area contributed by atoms with Gasteiger partial charge in [0.2, 0.25) is 0 Å². The number of nitrogens with one attached hydrogen (secondary N) is 1. The second-order valence-electron chi connectivity index (χ2n) is 4.20. The molecule has 1 heterocycles. The Labute approximate surface area is 136 Å². The SMILES string of the molecule is CCc1nc(SCc2ccc(Cl)c(Cl)c2)[nH]c(=O)c1C#N. The van der Waals surface area contributed by atoms with Crippen molar-refractivity contribution in [2.75, 3.05) is 0 Å². The highest BCUT2D eigenvalue weighted by molar-refractivity contribution is 7.98. The molecule has 0 saturated carbocycles. The molecule has 0 aliphatic rings. The summed E-state index contributed by atoms with van der Waals surface area (Å²) in [6.45, 7) is 1.86. The van der Waals surface area contributed by atoms with Crippen molar-refractivity contribution < 1.29 is 0 Å². The van der Waals surface area contributed by atoms with Crippen LogP contribution in [0.2, 0.25) is 10.0 Å². The molecule has 1 aromatic heterocycles. The molecule has 0 atom stereocenters. The predicted molar refractivity (Wildman–Crippen MR) is 85.0 cm³/mol. The van der Waals surface area contributed by atoms with Crippen molar-refractivity contribution in [3.05, 3.63) is 55.4 Å². The molecule has 2 aromatic rings. The molecule has 0 fully saturated rings. The molecule has 0 unspecified atom stereocenters. The third kappa shape index (κ3) is 3.79. The average molecular weight is 340 g/mol. The number of nitrogens with zero attached hydrogens (tertiary/aromatic N) is 2. The average Bonchev–Trinajstić information content (AvgIpc) is 2.47. The Kier molecular flexibility index (Phi) is 5.29. The Hall–Kier alpha value is -1.48. The number of nitriles is 1. The van der Waals surface area contributed by atoms with Crippen LogP contribution in [0, 0.1) is 11.3 Å². The van der Waals surface area contributed by atoms with Gasteiger partial charge in [0.15, 0.2) is 5.16 Å². The Morgan fingerprint density at radius 1 is 1.38 bits per heavy atom. The number of rotatable bonds is 4. The molecule has 108 valence electrons. The van der Waals surface area contributed by atoms with E-state index in [1.54, 1.807) is 12.1 Å². The van der Waals surface area contributed by atoms with Crippen LogP contribution in [0.5, 0.6) is 0 Å². The van der Waals surface area contributed by atoms with Crippen molar-refractivity contribution in [2.45, 2.75) is 24.3 Å². The number of aryl methyl sites for hydroxylation is 1. The Bertz CT molecular complexity index is 768. The van der Waals surface area contributed by atoms with E-state index in [2.05, 4.69) is 9.97 Å². The van der Waals surface area contributed by atoms with E-state index in [9.17, 15) is 4.79 Å². The lowest BCUT2D eigenvalue weighted by Crippen LogP contribution is -2.16. The van der Waals surface area contributed by atoms with E-state index in [-0.39, 0.29) is 5.56 Å². The van der Waals surface area contributed by atoms with Gasteiger partial charge in [-0.1, -0.05) is 48.0 Å². The maximum atomic E-state index is 11.8. The molecular formula is C14H11Cl2N3OS. The summed E-state index contributed by atoms with van der Waals surface area (Å²) in [5.41, 5.74) is 1.16. The van der Waals surface area contributed by atoms with Gasteiger partial charge in [0.1, 0.15) is 11.6 Å². The highest BCUT2D eigenvalue weighted by Gasteiger charge is 2.10. The van der Waals surface area contributed by atoms with Gasteiger partial charge >= 0.3 is 0 Å². The van der Waals surface area contributed by atoms with Crippen molar-refractivity contribution >= 4 is 35.0 Å². The second-order valence-corrected chi connectivity index (χ2v) is 5.97. The Balaban J connectivity index is 2.20. The van der Waals surface area contributed by atoms with Crippen molar-refractivity contribution in [1.82, 2.24) is 9.97 Å². The molecule has 1 aromatic carbocycles. The van der Waals surface area contributed by atoms with Crippen LogP contribution in [0.15, 0.2) is 28.2 Å². The summed E-state index contributed by atoms with van der Waals surface area (Å²) in [6.07, 6.45) is 0.535. The molecule has 0 radical (unpaired) electrons. The van der Waals surface area contributed by atoms with Crippen molar-refractivity contribution in [3.8, 4) is 6.07 Å². The first kappa shape index (κ1) is 15.9. The zero-order chi connectivity index (χ0) is 15.4. The van der Waals surface area contributed by atoms with Crippen molar-refractivity contribution in [1.29, 1.82) is 5.26 Å². The molecule has 0 aliphatic heterocycles. The van der Waals surface area contributed by atoms with E-state index in [4.69, 9.17) is 28.5 Å². The van der Waals surface area contributed by atoms with Gasteiger partial charge in [-0.2, -0.15) is 5.26 Å². The molecule has 2 rings (SSSR count). The van der Waals surface area contributed by atoms with Crippen molar-refractivity contribution in [3.63, 3.8) is 0 Å². The van der Waals surface area contributed by atoms with Crippen LogP contribution in [-0.4, -0.2) is 9.97 Å². The third-order valence-electron chi connectivity index (χ3n) is 2.78. The quantitative estimate of drug-likeness (QED) is 0.679. The molecule has 0 spiro atoms. The number of aromatic amines is 1. The smallest absolute Gasteiger partial charge is 0.269 e. The molecule has 4 nitrogen and oxygen atoms in total. The van der Waals surface area contributed by atoms with Gasteiger partial charge in [-0.25, -0.2) is 4.98 Å². The van der Waals surface area contributed by atoms with Crippen LogP contribution >= 0.6 is 35.0 Å². The molecule has 1 N–H and O–H groups in total. The van der Waals surface area contributed by atoms with Gasteiger partial charge in [0.25, 0.3) is 5.56 Å². The van der Waals surface area contributed by atoms with Crippen LogP contribution in [0.4, 0.5) is 0 Å². The number of halogens is 2. The molecule has 7 heteroatoms. The normalized spacial score (nSPS) is 10.4. The van der Waals surface area contributed by atoms with E-state index < -0.39 is 5.56 Å². The summed E-state index contributed by atoms with van der Waals surface area (Å²) in [6, 6.07) is 7.25. The van der Waals surface area contributed by atoms with Crippen LogP contribution < -0.4 is 5.56 Å². The van der Waals surface area contributed by atoms with Crippen LogP contribution in [0.3, 0.4) is 0 Å². The van der Waals surface area contributed by atoms with Gasteiger partial charge in [-0.15, -0.1) is 0 Å². The standard InChI is InChI=1S/C14H11Cl2N3OS/c1-2-12-9(6-17)13(20)19-14(18-12)21-7-8-3-4-10(15)11(16)5-8/h3-5H,2,7H2,1H3,(H,18,19,20). The molecule has 0 bridgehead atoms. The lowest BCUT2D eigenvalue weighted by Gasteiger charge is -2.05. The van der Waals surface area contributed by atoms with Gasteiger partial charge < -0.3 is 4.98 Å². The summed E-state index contributed by atoms with van der Waals surface area (Å²) in [4.78, 5) is 18.7. The summed E-state index contributed by atoms with van der Waals surface area (Å²) < 4.78 is 0. The lowest BCUT2D eigenvalue weighted by molar-refractivity contribution is 0.859.